The Hall–Kier alpha value is -0.570. The van der Waals surface area contributed by atoms with Gasteiger partial charge in [0, 0.05) is 37.2 Å². The molecule has 0 aromatic heterocycles. The van der Waals surface area contributed by atoms with Crippen LogP contribution >= 0.6 is 11.6 Å². The van der Waals surface area contributed by atoms with Gasteiger partial charge in [-0.1, -0.05) is 30.7 Å². The number of halogens is 1. The van der Waals surface area contributed by atoms with Crippen molar-refractivity contribution in [1.82, 2.24) is 10.2 Å². The van der Waals surface area contributed by atoms with Crippen molar-refractivity contribution in [2.45, 2.75) is 32.9 Å². The minimum Gasteiger partial charge on any atom is -0.311 e. The van der Waals surface area contributed by atoms with Crippen LogP contribution in [0.4, 0.5) is 0 Å². The number of hydrogen-bond acceptors (Lipinski definition) is 2. The van der Waals surface area contributed by atoms with Crippen LogP contribution in [0, 0.1) is 6.92 Å². The molecule has 1 fully saturated rings. The molecule has 0 spiro atoms. The molecule has 0 bridgehead atoms. The molecule has 1 aliphatic rings. The summed E-state index contributed by atoms with van der Waals surface area (Å²) in [6.45, 7) is 8.61. The van der Waals surface area contributed by atoms with Gasteiger partial charge < -0.3 is 5.32 Å². The van der Waals surface area contributed by atoms with Gasteiger partial charge >= 0.3 is 0 Å². The fourth-order valence-corrected chi connectivity index (χ4v) is 2.63. The van der Waals surface area contributed by atoms with E-state index in [9.17, 15) is 0 Å². The third-order valence-electron chi connectivity index (χ3n) is 3.43. The molecule has 1 atom stereocenters. The van der Waals surface area contributed by atoms with E-state index in [-0.39, 0.29) is 0 Å². The van der Waals surface area contributed by atoms with Crippen molar-refractivity contribution in [3.63, 3.8) is 0 Å². The molecule has 2 nitrogen and oxygen atoms in total. The molecule has 17 heavy (non-hydrogen) atoms. The van der Waals surface area contributed by atoms with Crippen molar-refractivity contribution in [1.29, 1.82) is 0 Å². The zero-order chi connectivity index (χ0) is 12.3. The Morgan fingerprint density at radius 2 is 2.29 bits per heavy atom. The highest BCUT2D eigenvalue weighted by molar-refractivity contribution is 6.31. The monoisotopic (exact) mass is 252 g/mol. The standard InChI is InChI=1S/C14H21ClN2/c1-3-13-10-17(7-6-16-13)9-12-5-4-11(2)8-14(12)15/h4-5,8,13,16H,3,6-7,9-10H2,1-2H3. The minimum atomic E-state index is 0.632. The summed E-state index contributed by atoms with van der Waals surface area (Å²) in [6, 6.07) is 6.98. The fraction of sp³-hybridized carbons (Fsp3) is 0.571. The van der Waals surface area contributed by atoms with Crippen LogP contribution in [0.1, 0.15) is 24.5 Å². The maximum Gasteiger partial charge on any atom is 0.0453 e. The van der Waals surface area contributed by atoms with Gasteiger partial charge in [-0.25, -0.2) is 0 Å². The maximum atomic E-state index is 6.28. The number of benzene rings is 1. The Balaban J connectivity index is 2.00. The lowest BCUT2D eigenvalue weighted by Crippen LogP contribution is -2.49. The van der Waals surface area contributed by atoms with Crippen molar-refractivity contribution in [2.75, 3.05) is 19.6 Å². The molecule has 1 aliphatic heterocycles. The van der Waals surface area contributed by atoms with Gasteiger partial charge in [-0.3, -0.25) is 4.90 Å². The molecule has 2 rings (SSSR count). The number of nitrogens with one attached hydrogen (secondary N) is 1. The second-order valence-electron chi connectivity index (χ2n) is 4.89. The summed E-state index contributed by atoms with van der Waals surface area (Å²) in [4.78, 5) is 2.49. The lowest BCUT2D eigenvalue weighted by atomic mass is 10.1. The van der Waals surface area contributed by atoms with Crippen LogP contribution in [-0.2, 0) is 6.54 Å². The van der Waals surface area contributed by atoms with Gasteiger partial charge in [0.25, 0.3) is 0 Å². The molecule has 1 saturated heterocycles. The largest absolute Gasteiger partial charge is 0.311 e. The molecule has 0 saturated carbocycles. The van der Waals surface area contributed by atoms with Crippen LogP contribution in [-0.4, -0.2) is 30.6 Å². The van der Waals surface area contributed by atoms with Crippen LogP contribution in [0.2, 0.25) is 5.02 Å². The first-order valence-corrected chi connectivity index (χ1v) is 6.77. The average molecular weight is 253 g/mol. The molecular weight excluding hydrogens is 232 g/mol. The van der Waals surface area contributed by atoms with Gasteiger partial charge in [-0.05, 0) is 30.5 Å². The SMILES string of the molecule is CCC1CN(Cc2ccc(C)cc2Cl)CCN1. The summed E-state index contributed by atoms with van der Waals surface area (Å²) in [6.07, 6.45) is 1.19. The van der Waals surface area contributed by atoms with Crippen molar-refractivity contribution in [2.24, 2.45) is 0 Å². The molecule has 1 N–H and O–H groups in total. The number of aryl methyl sites for hydroxylation is 1. The van der Waals surface area contributed by atoms with E-state index in [1.165, 1.54) is 17.5 Å². The van der Waals surface area contributed by atoms with E-state index in [1.54, 1.807) is 0 Å². The Morgan fingerprint density at radius 3 is 3.00 bits per heavy atom. The molecular formula is C14H21ClN2. The van der Waals surface area contributed by atoms with Gasteiger partial charge in [-0.15, -0.1) is 0 Å². The van der Waals surface area contributed by atoms with Gasteiger partial charge in [0.15, 0.2) is 0 Å². The minimum absolute atomic E-state index is 0.632. The number of rotatable bonds is 3. The van der Waals surface area contributed by atoms with Crippen molar-refractivity contribution in [3.8, 4) is 0 Å². The van der Waals surface area contributed by atoms with E-state index in [0.29, 0.717) is 6.04 Å². The molecule has 1 aromatic carbocycles. The van der Waals surface area contributed by atoms with Crippen LogP contribution in [0.15, 0.2) is 18.2 Å². The van der Waals surface area contributed by atoms with Crippen LogP contribution in [0.3, 0.4) is 0 Å². The molecule has 94 valence electrons. The van der Waals surface area contributed by atoms with E-state index in [0.717, 1.165) is 31.2 Å². The predicted molar refractivity (Wildman–Crippen MR) is 73.5 cm³/mol. The van der Waals surface area contributed by atoms with E-state index < -0.39 is 0 Å². The second kappa shape index (κ2) is 5.85. The predicted octanol–water partition coefficient (Wildman–Crippen LogP) is 2.83. The second-order valence-corrected chi connectivity index (χ2v) is 5.30. The molecule has 1 unspecified atom stereocenters. The highest BCUT2D eigenvalue weighted by Crippen LogP contribution is 2.20. The molecule has 1 aromatic rings. The Labute approximate surface area is 109 Å². The van der Waals surface area contributed by atoms with Crippen molar-refractivity contribution >= 4 is 11.6 Å². The molecule has 0 aliphatic carbocycles. The molecule has 1 heterocycles. The van der Waals surface area contributed by atoms with E-state index in [1.807, 2.05) is 0 Å². The first-order chi connectivity index (χ1) is 8.19. The fourth-order valence-electron chi connectivity index (χ4n) is 2.33. The summed E-state index contributed by atoms with van der Waals surface area (Å²) in [7, 11) is 0. The Kier molecular flexibility index (Phi) is 4.43. The Bertz CT molecular complexity index is 378. The summed E-state index contributed by atoms with van der Waals surface area (Å²) in [5, 5.41) is 4.43. The van der Waals surface area contributed by atoms with E-state index in [4.69, 9.17) is 11.6 Å². The summed E-state index contributed by atoms with van der Waals surface area (Å²) in [5.74, 6) is 0. The number of hydrogen-bond donors (Lipinski definition) is 1. The van der Waals surface area contributed by atoms with Gasteiger partial charge in [-0.2, -0.15) is 0 Å². The quantitative estimate of drug-likeness (QED) is 0.890. The zero-order valence-electron chi connectivity index (χ0n) is 10.7. The Morgan fingerprint density at radius 1 is 1.47 bits per heavy atom. The van der Waals surface area contributed by atoms with E-state index in [2.05, 4.69) is 42.3 Å². The van der Waals surface area contributed by atoms with Crippen molar-refractivity contribution in [3.05, 3.63) is 34.3 Å². The third-order valence-corrected chi connectivity index (χ3v) is 3.79. The van der Waals surface area contributed by atoms with Crippen molar-refractivity contribution < 1.29 is 0 Å². The lowest BCUT2D eigenvalue weighted by Gasteiger charge is -2.33. The summed E-state index contributed by atoms with van der Waals surface area (Å²) in [5.41, 5.74) is 2.47. The summed E-state index contributed by atoms with van der Waals surface area (Å²) < 4.78 is 0. The van der Waals surface area contributed by atoms with Crippen LogP contribution in [0.5, 0.6) is 0 Å². The smallest absolute Gasteiger partial charge is 0.0453 e. The van der Waals surface area contributed by atoms with Crippen LogP contribution < -0.4 is 5.32 Å². The first-order valence-electron chi connectivity index (χ1n) is 6.40. The third kappa shape index (κ3) is 3.44. The molecule has 3 heteroatoms. The first kappa shape index (κ1) is 12.9. The van der Waals surface area contributed by atoms with Gasteiger partial charge in [0.05, 0.1) is 0 Å². The van der Waals surface area contributed by atoms with E-state index >= 15 is 0 Å². The topological polar surface area (TPSA) is 15.3 Å². The highest BCUT2D eigenvalue weighted by atomic mass is 35.5. The van der Waals surface area contributed by atoms with Crippen LogP contribution in [0.25, 0.3) is 0 Å². The zero-order valence-corrected chi connectivity index (χ0v) is 11.4. The maximum absolute atomic E-state index is 6.28. The normalized spacial score (nSPS) is 21.7. The van der Waals surface area contributed by atoms with Gasteiger partial charge in [0.1, 0.15) is 0 Å². The molecule has 0 amide bonds. The lowest BCUT2D eigenvalue weighted by molar-refractivity contribution is 0.190. The highest BCUT2D eigenvalue weighted by Gasteiger charge is 2.18. The number of nitrogens with zero attached hydrogens (tertiary/aromatic N) is 1. The number of piperazine rings is 1. The van der Waals surface area contributed by atoms with Gasteiger partial charge in [0.2, 0.25) is 0 Å². The summed E-state index contributed by atoms with van der Waals surface area (Å²) >= 11 is 6.28. The molecule has 0 radical (unpaired) electrons. The average Bonchev–Trinajstić information content (AvgIpc) is 2.33.